The summed E-state index contributed by atoms with van der Waals surface area (Å²) in [6.45, 7) is 0. The quantitative estimate of drug-likeness (QED) is 0.161. The van der Waals surface area contributed by atoms with E-state index in [1.165, 1.54) is 16.7 Å². The Hall–Kier alpha value is -6.90. The van der Waals surface area contributed by atoms with Crippen molar-refractivity contribution in [3.05, 3.63) is 212 Å². The molecule has 0 fully saturated rings. The highest BCUT2D eigenvalue weighted by Gasteiger charge is 2.21. The third-order valence-corrected chi connectivity index (χ3v) is 9.73. The van der Waals surface area contributed by atoms with Gasteiger partial charge in [0.1, 0.15) is 11.3 Å². The predicted molar refractivity (Wildman–Crippen MR) is 218 cm³/mol. The van der Waals surface area contributed by atoms with Crippen molar-refractivity contribution in [2.24, 2.45) is 0 Å². The van der Waals surface area contributed by atoms with Gasteiger partial charge in [0.2, 0.25) is 0 Å². The zero-order valence-corrected chi connectivity index (χ0v) is 28.6. The summed E-state index contributed by atoms with van der Waals surface area (Å²) < 4.78 is 6.33. The zero-order chi connectivity index (χ0) is 34.7. The van der Waals surface area contributed by atoms with Crippen molar-refractivity contribution in [3.8, 4) is 55.8 Å². The van der Waals surface area contributed by atoms with Gasteiger partial charge in [-0.05, 0) is 69.8 Å². The third-order valence-electron chi connectivity index (χ3n) is 9.73. The normalized spacial score (nSPS) is 11.1. The fraction of sp³-hybridized carbons (Fsp3) is 0. The summed E-state index contributed by atoms with van der Waals surface area (Å²) in [6, 6.07) is 75.2. The molecular weight excluding hydrogens is 631 g/mol. The SMILES string of the molecule is c1ccc(-c2ccc(-c3ccccc3N(c3ccc(-c4ccccc4-c4cc5ccccc5o4)cc3)c3ccccc3-c3ccccc3)cc2)cc1. The van der Waals surface area contributed by atoms with E-state index in [0.717, 1.165) is 67.2 Å². The van der Waals surface area contributed by atoms with Crippen molar-refractivity contribution in [1.82, 2.24) is 0 Å². The topological polar surface area (TPSA) is 16.4 Å². The molecule has 0 atom stereocenters. The highest BCUT2D eigenvalue weighted by Crippen LogP contribution is 2.45. The van der Waals surface area contributed by atoms with Crippen LogP contribution < -0.4 is 4.90 Å². The van der Waals surface area contributed by atoms with E-state index >= 15 is 0 Å². The Morgan fingerprint density at radius 3 is 1.37 bits per heavy atom. The van der Waals surface area contributed by atoms with Gasteiger partial charge in [0, 0.05) is 27.8 Å². The van der Waals surface area contributed by atoms with Gasteiger partial charge < -0.3 is 9.32 Å². The molecule has 0 radical (unpaired) electrons. The number of para-hydroxylation sites is 3. The molecule has 0 aliphatic heterocycles. The van der Waals surface area contributed by atoms with E-state index in [1.807, 2.05) is 18.2 Å². The van der Waals surface area contributed by atoms with Gasteiger partial charge in [-0.15, -0.1) is 0 Å². The number of hydrogen-bond donors (Lipinski definition) is 0. The van der Waals surface area contributed by atoms with Crippen LogP contribution in [-0.4, -0.2) is 0 Å². The number of nitrogens with zero attached hydrogens (tertiary/aromatic N) is 1. The second kappa shape index (κ2) is 13.8. The Morgan fingerprint density at radius 1 is 0.308 bits per heavy atom. The summed E-state index contributed by atoms with van der Waals surface area (Å²) in [5.41, 5.74) is 14.6. The molecule has 0 amide bonds. The molecule has 0 aliphatic rings. The Bertz CT molecular complexity index is 2570. The number of furan rings is 1. The van der Waals surface area contributed by atoms with Crippen LogP contribution in [0.25, 0.3) is 66.8 Å². The first kappa shape index (κ1) is 31.1. The van der Waals surface area contributed by atoms with Crippen molar-refractivity contribution < 1.29 is 4.42 Å². The van der Waals surface area contributed by atoms with Gasteiger partial charge >= 0.3 is 0 Å². The summed E-state index contributed by atoms with van der Waals surface area (Å²) in [5.74, 6) is 0.867. The van der Waals surface area contributed by atoms with E-state index in [9.17, 15) is 0 Å². The number of fused-ring (bicyclic) bond motifs is 1. The fourth-order valence-electron chi connectivity index (χ4n) is 7.18. The van der Waals surface area contributed by atoms with Gasteiger partial charge in [-0.3, -0.25) is 0 Å². The summed E-state index contributed by atoms with van der Waals surface area (Å²) in [5, 5.41) is 1.10. The summed E-state index contributed by atoms with van der Waals surface area (Å²) in [7, 11) is 0. The summed E-state index contributed by atoms with van der Waals surface area (Å²) in [6.07, 6.45) is 0. The van der Waals surface area contributed by atoms with Gasteiger partial charge in [0.25, 0.3) is 0 Å². The van der Waals surface area contributed by atoms with E-state index in [4.69, 9.17) is 4.42 Å². The molecule has 1 heterocycles. The van der Waals surface area contributed by atoms with E-state index in [0.29, 0.717) is 0 Å². The lowest BCUT2D eigenvalue weighted by atomic mass is 9.96. The maximum Gasteiger partial charge on any atom is 0.136 e. The third kappa shape index (κ3) is 5.97. The van der Waals surface area contributed by atoms with Gasteiger partial charge in [-0.1, -0.05) is 176 Å². The van der Waals surface area contributed by atoms with Crippen LogP contribution in [0.5, 0.6) is 0 Å². The van der Waals surface area contributed by atoms with Crippen molar-refractivity contribution >= 4 is 28.0 Å². The molecule has 2 nitrogen and oxygen atoms in total. The van der Waals surface area contributed by atoms with Gasteiger partial charge in [-0.2, -0.15) is 0 Å². The Labute approximate surface area is 304 Å². The second-order valence-corrected chi connectivity index (χ2v) is 12.9. The van der Waals surface area contributed by atoms with Crippen molar-refractivity contribution in [2.45, 2.75) is 0 Å². The second-order valence-electron chi connectivity index (χ2n) is 12.9. The first-order valence-corrected chi connectivity index (χ1v) is 17.7. The Balaban J connectivity index is 1.17. The minimum absolute atomic E-state index is 0.867. The highest BCUT2D eigenvalue weighted by molar-refractivity contribution is 5.94. The fourth-order valence-corrected chi connectivity index (χ4v) is 7.18. The van der Waals surface area contributed by atoms with E-state index < -0.39 is 0 Å². The van der Waals surface area contributed by atoms with Gasteiger partial charge in [-0.25, -0.2) is 0 Å². The van der Waals surface area contributed by atoms with Crippen LogP contribution in [0.3, 0.4) is 0 Å². The molecule has 246 valence electrons. The van der Waals surface area contributed by atoms with E-state index in [1.54, 1.807) is 0 Å². The van der Waals surface area contributed by atoms with Crippen LogP contribution in [0, 0.1) is 0 Å². The molecule has 9 aromatic rings. The summed E-state index contributed by atoms with van der Waals surface area (Å²) >= 11 is 0. The molecule has 9 rings (SSSR count). The van der Waals surface area contributed by atoms with Crippen molar-refractivity contribution in [1.29, 1.82) is 0 Å². The minimum atomic E-state index is 0.867. The predicted octanol–water partition coefficient (Wildman–Crippen LogP) is 14.2. The zero-order valence-electron chi connectivity index (χ0n) is 28.6. The van der Waals surface area contributed by atoms with Gasteiger partial charge in [0.05, 0.1) is 11.4 Å². The van der Waals surface area contributed by atoms with Crippen LogP contribution in [0.15, 0.2) is 217 Å². The van der Waals surface area contributed by atoms with Gasteiger partial charge in [0.15, 0.2) is 0 Å². The van der Waals surface area contributed by atoms with Crippen molar-refractivity contribution in [3.63, 3.8) is 0 Å². The molecule has 0 saturated heterocycles. The average Bonchev–Trinajstić information content (AvgIpc) is 3.67. The number of benzene rings is 8. The Kier molecular flexibility index (Phi) is 8.24. The van der Waals surface area contributed by atoms with Crippen LogP contribution in [-0.2, 0) is 0 Å². The largest absolute Gasteiger partial charge is 0.456 e. The molecule has 0 N–H and O–H groups in total. The van der Waals surface area contributed by atoms with E-state index in [-0.39, 0.29) is 0 Å². The molecule has 0 saturated carbocycles. The molecule has 8 aromatic carbocycles. The average molecular weight is 666 g/mol. The lowest BCUT2D eigenvalue weighted by Crippen LogP contribution is -2.12. The summed E-state index contributed by atoms with van der Waals surface area (Å²) in [4.78, 5) is 2.40. The number of anilines is 3. The van der Waals surface area contributed by atoms with Crippen molar-refractivity contribution in [2.75, 3.05) is 4.90 Å². The number of hydrogen-bond acceptors (Lipinski definition) is 2. The first-order valence-electron chi connectivity index (χ1n) is 17.7. The maximum atomic E-state index is 6.33. The molecule has 1 aromatic heterocycles. The molecular formula is C50H35NO. The number of rotatable bonds is 8. The first-order chi connectivity index (χ1) is 25.8. The smallest absolute Gasteiger partial charge is 0.136 e. The molecule has 0 bridgehead atoms. The lowest BCUT2D eigenvalue weighted by molar-refractivity contribution is 0.632. The molecule has 52 heavy (non-hydrogen) atoms. The standard InChI is InChI=1S/C50H35NO/c1-3-15-36(16-4-1)37-27-29-40(30-28-37)45-22-11-13-25-48(45)51(47-24-12-10-21-44(47)38-17-5-2-6-18-38)42-33-31-39(32-34-42)43-20-8-9-23-46(43)50-35-41-19-7-14-26-49(41)52-50/h1-35H. The van der Waals surface area contributed by atoms with E-state index in [2.05, 4.69) is 199 Å². The van der Waals surface area contributed by atoms with Crippen LogP contribution in [0.2, 0.25) is 0 Å². The Morgan fingerprint density at radius 2 is 0.731 bits per heavy atom. The highest BCUT2D eigenvalue weighted by atomic mass is 16.3. The molecule has 0 unspecified atom stereocenters. The lowest BCUT2D eigenvalue weighted by Gasteiger charge is -2.30. The minimum Gasteiger partial charge on any atom is -0.456 e. The molecule has 0 spiro atoms. The van der Waals surface area contributed by atoms with Crippen LogP contribution in [0.4, 0.5) is 17.1 Å². The van der Waals surface area contributed by atoms with Crippen LogP contribution in [0.1, 0.15) is 0 Å². The maximum absolute atomic E-state index is 6.33. The van der Waals surface area contributed by atoms with Crippen LogP contribution >= 0.6 is 0 Å². The monoisotopic (exact) mass is 665 g/mol. The molecule has 2 heteroatoms. The molecule has 0 aliphatic carbocycles.